The number of thioether (sulfide) groups is 1. The van der Waals surface area contributed by atoms with Gasteiger partial charge in [-0.1, -0.05) is 18.2 Å². The third kappa shape index (κ3) is 3.35. The van der Waals surface area contributed by atoms with Crippen molar-refractivity contribution in [1.82, 2.24) is 15.5 Å². The summed E-state index contributed by atoms with van der Waals surface area (Å²) in [5, 5.41) is 6.65. The summed E-state index contributed by atoms with van der Waals surface area (Å²) in [6, 6.07) is 9.59. The van der Waals surface area contributed by atoms with Crippen LogP contribution in [0.1, 0.15) is 31.4 Å². The number of fused-ring (bicyclic) bond motifs is 1. The number of rotatable bonds is 3. The molecule has 2 amide bonds. The molecule has 1 aromatic carbocycles. The number of urea groups is 1. The van der Waals surface area contributed by atoms with Crippen LogP contribution in [0.5, 0.6) is 0 Å². The van der Waals surface area contributed by atoms with Crippen LogP contribution >= 0.6 is 11.8 Å². The highest BCUT2D eigenvalue weighted by Gasteiger charge is 2.29. The molecule has 114 valence electrons. The molecule has 0 aromatic heterocycles. The molecule has 1 aromatic rings. The van der Waals surface area contributed by atoms with E-state index in [1.165, 1.54) is 22.6 Å². The second kappa shape index (κ2) is 6.71. The molecular formula is C16H23N3OS. The molecule has 0 unspecified atom stereocenters. The van der Waals surface area contributed by atoms with Gasteiger partial charge in [0.25, 0.3) is 0 Å². The molecule has 4 nitrogen and oxygen atoms in total. The van der Waals surface area contributed by atoms with Crippen molar-refractivity contribution in [2.45, 2.75) is 36.7 Å². The minimum absolute atomic E-state index is 0.0707. The lowest BCUT2D eigenvalue weighted by Gasteiger charge is -2.28. The summed E-state index contributed by atoms with van der Waals surface area (Å²) in [7, 11) is 0. The van der Waals surface area contributed by atoms with Crippen LogP contribution in [0.15, 0.2) is 29.2 Å². The van der Waals surface area contributed by atoms with Crippen molar-refractivity contribution in [1.29, 1.82) is 0 Å². The highest BCUT2D eigenvalue weighted by molar-refractivity contribution is 7.99. The maximum atomic E-state index is 11.9. The topological polar surface area (TPSA) is 44.4 Å². The Labute approximate surface area is 130 Å². The first kappa shape index (κ1) is 14.7. The number of amides is 2. The van der Waals surface area contributed by atoms with Crippen molar-refractivity contribution in [3.8, 4) is 0 Å². The van der Waals surface area contributed by atoms with Gasteiger partial charge in [0.05, 0.1) is 0 Å². The first-order valence-corrected chi connectivity index (χ1v) is 8.77. The van der Waals surface area contributed by atoms with Gasteiger partial charge in [-0.15, -0.1) is 11.8 Å². The smallest absolute Gasteiger partial charge is 0.317 e. The van der Waals surface area contributed by atoms with Gasteiger partial charge in [-0.05, 0) is 37.1 Å². The Balaban J connectivity index is 1.60. The molecule has 0 saturated carbocycles. The van der Waals surface area contributed by atoms with Crippen LogP contribution in [0.2, 0.25) is 0 Å². The van der Waals surface area contributed by atoms with E-state index >= 15 is 0 Å². The predicted octanol–water partition coefficient (Wildman–Crippen LogP) is 2.62. The highest BCUT2D eigenvalue weighted by Crippen LogP contribution is 2.36. The van der Waals surface area contributed by atoms with Crippen molar-refractivity contribution in [3.05, 3.63) is 29.8 Å². The summed E-state index contributed by atoms with van der Waals surface area (Å²) in [6.45, 7) is 4.32. The number of likely N-dealkylation sites (tertiary alicyclic amines) is 1. The van der Waals surface area contributed by atoms with E-state index < -0.39 is 0 Å². The zero-order chi connectivity index (χ0) is 14.7. The molecule has 2 aliphatic heterocycles. The average molecular weight is 305 g/mol. The second-order valence-electron chi connectivity index (χ2n) is 5.66. The van der Waals surface area contributed by atoms with Gasteiger partial charge in [0.15, 0.2) is 0 Å². The van der Waals surface area contributed by atoms with E-state index in [0.29, 0.717) is 18.6 Å². The first-order chi connectivity index (χ1) is 10.3. The van der Waals surface area contributed by atoms with Gasteiger partial charge in [0.1, 0.15) is 0 Å². The molecular weight excluding hydrogens is 282 g/mol. The number of hydrogen-bond donors (Lipinski definition) is 2. The molecule has 1 saturated heterocycles. The lowest BCUT2D eigenvalue weighted by molar-refractivity contribution is 0.208. The lowest BCUT2D eigenvalue weighted by atomic mass is 10.0. The van der Waals surface area contributed by atoms with Crippen molar-refractivity contribution in [3.63, 3.8) is 0 Å². The Hall–Kier alpha value is -1.20. The fraction of sp³-hybridized carbons (Fsp3) is 0.562. The summed E-state index contributed by atoms with van der Waals surface area (Å²) in [6.07, 6.45) is 2.21. The normalized spacial score (nSPS) is 24.7. The van der Waals surface area contributed by atoms with Gasteiger partial charge < -0.3 is 15.5 Å². The molecule has 2 atom stereocenters. The molecule has 0 aliphatic carbocycles. The highest BCUT2D eigenvalue weighted by atomic mass is 32.2. The summed E-state index contributed by atoms with van der Waals surface area (Å²) >= 11 is 1.95. The van der Waals surface area contributed by atoms with Crippen molar-refractivity contribution >= 4 is 17.8 Å². The number of nitrogens with zero attached hydrogens (tertiary/aromatic N) is 1. The van der Waals surface area contributed by atoms with E-state index in [1.807, 2.05) is 23.6 Å². The van der Waals surface area contributed by atoms with Crippen LogP contribution in [0.4, 0.5) is 4.79 Å². The number of nitrogens with one attached hydrogen (secondary N) is 2. The van der Waals surface area contributed by atoms with E-state index in [4.69, 9.17) is 0 Å². The molecule has 3 rings (SSSR count). The maximum Gasteiger partial charge on any atom is 0.317 e. The Morgan fingerprint density at radius 2 is 2.24 bits per heavy atom. The Kier molecular flexibility index (Phi) is 4.70. The van der Waals surface area contributed by atoms with Crippen molar-refractivity contribution in [2.75, 3.05) is 25.4 Å². The lowest BCUT2D eigenvalue weighted by Crippen LogP contribution is -2.41. The quantitative estimate of drug-likeness (QED) is 0.902. The summed E-state index contributed by atoms with van der Waals surface area (Å²) < 4.78 is 0. The van der Waals surface area contributed by atoms with Gasteiger partial charge >= 0.3 is 6.03 Å². The van der Waals surface area contributed by atoms with Crippen LogP contribution < -0.4 is 10.6 Å². The van der Waals surface area contributed by atoms with E-state index in [2.05, 4.69) is 34.9 Å². The van der Waals surface area contributed by atoms with Gasteiger partial charge in [-0.3, -0.25) is 0 Å². The Morgan fingerprint density at radius 1 is 1.38 bits per heavy atom. The monoisotopic (exact) mass is 305 g/mol. The Bertz CT molecular complexity index is 508. The minimum Gasteiger partial charge on any atom is -0.338 e. The number of hydrogen-bond acceptors (Lipinski definition) is 3. The van der Waals surface area contributed by atoms with Crippen LogP contribution in [0, 0.1) is 0 Å². The molecule has 21 heavy (non-hydrogen) atoms. The van der Waals surface area contributed by atoms with Crippen LogP contribution in [0.25, 0.3) is 0 Å². The number of carbonyl (C=O) groups excluding carboxylic acids is 1. The van der Waals surface area contributed by atoms with Gasteiger partial charge in [0, 0.05) is 36.6 Å². The molecule has 0 bridgehead atoms. The number of carbonyl (C=O) groups is 1. The van der Waals surface area contributed by atoms with Gasteiger partial charge in [-0.25, -0.2) is 4.79 Å². The maximum absolute atomic E-state index is 11.9. The van der Waals surface area contributed by atoms with Crippen LogP contribution in [-0.4, -0.2) is 42.4 Å². The van der Waals surface area contributed by atoms with Gasteiger partial charge in [0.2, 0.25) is 0 Å². The largest absolute Gasteiger partial charge is 0.338 e. The van der Waals surface area contributed by atoms with E-state index in [0.717, 1.165) is 19.5 Å². The second-order valence-corrected chi connectivity index (χ2v) is 6.80. The Morgan fingerprint density at radius 3 is 3.10 bits per heavy atom. The zero-order valence-corrected chi connectivity index (χ0v) is 13.3. The molecule has 0 radical (unpaired) electrons. The van der Waals surface area contributed by atoms with Crippen molar-refractivity contribution in [2.24, 2.45) is 0 Å². The van der Waals surface area contributed by atoms with Crippen LogP contribution in [0.3, 0.4) is 0 Å². The van der Waals surface area contributed by atoms with Crippen molar-refractivity contribution < 1.29 is 4.79 Å². The van der Waals surface area contributed by atoms with Gasteiger partial charge in [-0.2, -0.15) is 0 Å². The average Bonchev–Trinajstić information content (AvgIpc) is 2.97. The predicted molar refractivity (Wildman–Crippen MR) is 86.7 cm³/mol. The molecule has 1 fully saturated rings. The van der Waals surface area contributed by atoms with E-state index in [-0.39, 0.29) is 6.03 Å². The summed E-state index contributed by atoms with van der Waals surface area (Å²) in [5.74, 6) is 1.17. The molecule has 2 N–H and O–H groups in total. The zero-order valence-electron chi connectivity index (χ0n) is 12.5. The summed E-state index contributed by atoms with van der Waals surface area (Å²) in [4.78, 5) is 15.2. The SMILES string of the molecule is CCNC(=O)N1CC[C@H](N[C@H]2CCSc3ccccc32)C1. The third-order valence-corrected chi connectivity index (χ3v) is 5.32. The summed E-state index contributed by atoms with van der Waals surface area (Å²) in [5.41, 5.74) is 1.42. The molecule has 0 spiro atoms. The number of benzene rings is 1. The minimum atomic E-state index is 0.0707. The third-order valence-electron chi connectivity index (χ3n) is 4.20. The standard InChI is InChI=1S/C16H23N3OS/c1-2-17-16(20)19-9-7-12(11-19)18-14-8-10-21-15-6-4-3-5-13(14)15/h3-6,12,14,18H,2,7-11H2,1H3,(H,17,20)/t12-,14-/m0/s1. The molecule has 5 heteroatoms. The van der Waals surface area contributed by atoms with E-state index in [1.54, 1.807) is 0 Å². The molecule has 2 aliphatic rings. The fourth-order valence-corrected chi connectivity index (χ4v) is 4.27. The fourth-order valence-electron chi connectivity index (χ4n) is 3.14. The van der Waals surface area contributed by atoms with E-state index in [9.17, 15) is 4.79 Å². The first-order valence-electron chi connectivity index (χ1n) is 7.78. The van der Waals surface area contributed by atoms with Crippen LogP contribution in [-0.2, 0) is 0 Å². The molecule has 2 heterocycles.